The van der Waals surface area contributed by atoms with Gasteiger partial charge in [0.15, 0.2) is 0 Å². The summed E-state index contributed by atoms with van der Waals surface area (Å²) in [6, 6.07) is 4.19. The van der Waals surface area contributed by atoms with Crippen LogP contribution in [0.2, 0.25) is 0 Å². The Kier molecular flexibility index (Phi) is 3.06. The fourth-order valence-electron chi connectivity index (χ4n) is 0.856. The van der Waals surface area contributed by atoms with Crippen molar-refractivity contribution in [2.75, 3.05) is 0 Å². The van der Waals surface area contributed by atoms with E-state index in [9.17, 15) is 0 Å². The molecule has 0 amide bonds. The van der Waals surface area contributed by atoms with Crippen LogP contribution in [0.4, 0.5) is 0 Å². The minimum Gasteiger partial charge on any atom is -0.260 e. The van der Waals surface area contributed by atoms with E-state index in [2.05, 4.69) is 46.9 Å². The SMILES string of the molecule is CC(C)c1ccc(CBr)nc1. The summed E-state index contributed by atoms with van der Waals surface area (Å²) in [6.45, 7) is 4.34. The van der Waals surface area contributed by atoms with Gasteiger partial charge in [0.2, 0.25) is 0 Å². The van der Waals surface area contributed by atoms with Gasteiger partial charge in [-0.3, -0.25) is 4.98 Å². The molecule has 0 aromatic carbocycles. The summed E-state index contributed by atoms with van der Waals surface area (Å²) >= 11 is 3.36. The predicted molar refractivity (Wildman–Crippen MR) is 51.0 cm³/mol. The number of pyridine rings is 1. The molecule has 0 saturated heterocycles. The van der Waals surface area contributed by atoms with Crippen LogP contribution in [0, 0.1) is 0 Å². The number of nitrogens with zero attached hydrogens (tertiary/aromatic N) is 1. The van der Waals surface area contributed by atoms with Crippen LogP contribution in [-0.4, -0.2) is 4.98 Å². The molecule has 1 heterocycles. The maximum absolute atomic E-state index is 4.27. The maximum Gasteiger partial charge on any atom is 0.0509 e. The molecule has 60 valence electrons. The van der Waals surface area contributed by atoms with Gasteiger partial charge < -0.3 is 0 Å². The third kappa shape index (κ3) is 2.29. The average molecular weight is 214 g/mol. The third-order valence-corrected chi connectivity index (χ3v) is 2.23. The molecule has 1 nitrogen and oxygen atoms in total. The van der Waals surface area contributed by atoms with Gasteiger partial charge in [-0.25, -0.2) is 0 Å². The normalized spacial score (nSPS) is 10.5. The monoisotopic (exact) mass is 213 g/mol. The lowest BCUT2D eigenvalue weighted by atomic mass is 10.1. The molecule has 0 fully saturated rings. The second kappa shape index (κ2) is 3.86. The van der Waals surface area contributed by atoms with Gasteiger partial charge in [0.05, 0.1) is 5.69 Å². The quantitative estimate of drug-likeness (QED) is 0.689. The van der Waals surface area contributed by atoms with Gasteiger partial charge in [0.25, 0.3) is 0 Å². The third-order valence-electron chi connectivity index (χ3n) is 1.65. The van der Waals surface area contributed by atoms with E-state index in [1.54, 1.807) is 0 Å². The van der Waals surface area contributed by atoms with Gasteiger partial charge in [-0.15, -0.1) is 0 Å². The Hall–Kier alpha value is -0.370. The Balaban J connectivity index is 2.83. The molecule has 0 aliphatic rings. The van der Waals surface area contributed by atoms with E-state index < -0.39 is 0 Å². The molecule has 0 atom stereocenters. The van der Waals surface area contributed by atoms with Gasteiger partial charge in [-0.05, 0) is 17.5 Å². The fourth-order valence-corrected chi connectivity index (χ4v) is 1.19. The van der Waals surface area contributed by atoms with Crippen molar-refractivity contribution >= 4 is 15.9 Å². The Morgan fingerprint density at radius 2 is 2.18 bits per heavy atom. The number of aromatic nitrogens is 1. The largest absolute Gasteiger partial charge is 0.260 e. The number of hydrogen-bond donors (Lipinski definition) is 0. The van der Waals surface area contributed by atoms with Crippen molar-refractivity contribution in [3.8, 4) is 0 Å². The zero-order valence-corrected chi connectivity index (χ0v) is 8.43. The van der Waals surface area contributed by atoms with E-state index in [1.807, 2.05) is 6.20 Å². The molecule has 0 aliphatic carbocycles. The second-order valence-electron chi connectivity index (χ2n) is 2.87. The van der Waals surface area contributed by atoms with Gasteiger partial charge in [-0.2, -0.15) is 0 Å². The summed E-state index contributed by atoms with van der Waals surface area (Å²) < 4.78 is 0. The van der Waals surface area contributed by atoms with E-state index in [1.165, 1.54) is 5.56 Å². The number of halogens is 1. The van der Waals surface area contributed by atoms with E-state index >= 15 is 0 Å². The predicted octanol–water partition coefficient (Wildman–Crippen LogP) is 3.10. The van der Waals surface area contributed by atoms with Crippen LogP contribution in [-0.2, 0) is 5.33 Å². The minimum absolute atomic E-state index is 0.576. The summed E-state index contributed by atoms with van der Waals surface area (Å²) in [6.07, 6.45) is 1.95. The first-order chi connectivity index (χ1) is 5.24. The van der Waals surface area contributed by atoms with Gasteiger partial charge in [0, 0.05) is 11.5 Å². The first kappa shape index (κ1) is 8.72. The maximum atomic E-state index is 4.27. The highest BCUT2D eigenvalue weighted by Crippen LogP contribution is 2.13. The first-order valence-electron chi connectivity index (χ1n) is 3.75. The van der Waals surface area contributed by atoms with Crippen molar-refractivity contribution in [2.24, 2.45) is 0 Å². The lowest BCUT2D eigenvalue weighted by molar-refractivity contribution is 0.855. The Morgan fingerprint density at radius 1 is 1.45 bits per heavy atom. The molecule has 11 heavy (non-hydrogen) atoms. The lowest BCUT2D eigenvalue weighted by Crippen LogP contribution is -1.90. The zero-order chi connectivity index (χ0) is 8.27. The van der Waals surface area contributed by atoms with Crippen LogP contribution < -0.4 is 0 Å². The molecule has 0 N–H and O–H groups in total. The standard InChI is InChI=1S/C9H12BrN/c1-7(2)8-3-4-9(5-10)11-6-8/h3-4,6-7H,5H2,1-2H3. The zero-order valence-electron chi connectivity index (χ0n) is 6.84. The number of alkyl halides is 1. The van der Waals surface area contributed by atoms with Crippen LogP contribution in [0.5, 0.6) is 0 Å². The van der Waals surface area contributed by atoms with Crippen molar-refractivity contribution < 1.29 is 0 Å². The molecular weight excluding hydrogens is 202 g/mol. The van der Waals surface area contributed by atoms with Gasteiger partial charge in [-0.1, -0.05) is 35.8 Å². The molecule has 1 aromatic heterocycles. The number of hydrogen-bond acceptors (Lipinski definition) is 1. The first-order valence-corrected chi connectivity index (χ1v) is 4.87. The Labute approximate surface area is 76.0 Å². The molecule has 0 aliphatic heterocycles. The van der Waals surface area contributed by atoms with Crippen LogP contribution in [0.1, 0.15) is 31.0 Å². The minimum atomic E-state index is 0.576. The smallest absolute Gasteiger partial charge is 0.0509 e. The Bertz CT molecular complexity index is 216. The van der Waals surface area contributed by atoms with Crippen LogP contribution in [0.3, 0.4) is 0 Å². The van der Waals surface area contributed by atoms with Crippen LogP contribution in [0.15, 0.2) is 18.3 Å². The highest BCUT2D eigenvalue weighted by atomic mass is 79.9. The van der Waals surface area contributed by atoms with Crippen LogP contribution in [0.25, 0.3) is 0 Å². The van der Waals surface area contributed by atoms with Crippen LogP contribution >= 0.6 is 15.9 Å². The highest BCUT2D eigenvalue weighted by molar-refractivity contribution is 9.08. The van der Waals surface area contributed by atoms with E-state index in [-0.39, 0.29) is 0 Å². The molecule has 2 heteroatoms. The summed E-state index contributed by atoms with van der Waals surface area (Å²) in [5, 5.41) is 0.839. The van der Waals surface area contributed by atoms with Crippen molar-refractivity contribution in [3.05, 3.63) is 29.6 Å². The molecule has 1 rings (SSSR count). The summed E-state index contributed by atoms with van der Waals surface area (Å²) in [5.74, 6) is 0.576. The molecule has 1 aromatic rings. The molecule has 0 spiro atoms. The lowest BCUT2D eigenvalue weighted by Gasteiger charge is -2.03. The van der Waals surface area contributed by atoms with Gasteiger partial charge in [0.1, 0.15) is 0 Å². The number of rotatable bonds is 2. The van der Waals surface area contributed by atoms with Gasteiger partial charge >= 0.3 is 0 Å². The van der Waals surface area contributed by atoms with Crippen molar-refractivity contribution in [2.45, 2.75) is 25.1 Å². The van der Waals surface area contributed by atoms with Crippen molar-refractivity contribution in [1.82, 2.24) is 4.98 Å². The van der Waals surface area contributed by atoms with E-state index in [0.717, 1.165) is 11.0 Å². The topological polar surface area (TPSA) is 12.9 Å². The van der Waals surface area contributed by atoms with E-state index in [4.69, 9.17) is 0 Å². The summed E-state index contributed by atoms with van der Waals surface area (Å²) in [5.41, 5.74) is 2.39. The summed E-state index contributed by atoms with van der Waals surface area (Å²) in [7, 11) is 0. The average Bonchev–Trinajstić information content (AvgIpc) is 2.05. The van der Waals surface area contributed by atoms with Crippen molar-refractivity contribution in [1.29, 1.82) is 0 Å². The molecule has 0 radical (unpaired) electrons. The Morgan fingerprint density at radius 3 is 2.55 bits per heavy atom. The molecule has 0 saturated carbocycles. The molecule has 0 unspecified atom stereocenters. The highest BCUT2D eigenvalue weighted by Gasteiger charge is 1.98. The van der Waals surface area contributed by atoms with E-state index in [0.29, 0.717) is 5.92 Å². The van der Waals surface area contributed by atoms with Crippen molar-refractivity contribution in [3.63, 3.8) is 0 Å². The fraction of sp³-hybridized carbons (Fsp3) is 0.444. The second-order valence-corrected chi connectivity index (χ2v) is 3.43. The molecule has 0 bridgehead atoms. The molecular formula is C9H12BrN. The summed E-state index contributed by atoms with van der Waals surface area (Å²) in [4.78, 5) is 4.27.